The van der Waals surface area contributed by atoms with Gasteiger partial charge >= 0.3 is 6.09 Å². The van der Waals surface area contributed by atoms with E-state index in [4.69, 9.17) is 9.15 Å². The molecule has 9 heteroatoms. The lowest BCUT2D eigenvalue weighted by atomic mass is 10.3. The van der Waals surface area contributed by atoms with Gasteiger partial charge in [0.1, 0.15) is 11.6 Å². The number of hydrogen-bond donors (Lipinski definition) is 2. The summed E-state index contributed by atoms with van der Waals surface area (Å²) in [5.74, 6) is 2.45. The van der Waals surface area contributed by atoms with E-state index < -0.39 is 6.09 Å². The lowest BCUT2D eigenvalue weighted by Gasteiger charge is -2.13. The van der Waals surface area contributed by atoms with Crippen LogP contribution in [0.2, 0.25) is 0 Å². The van der Waals surface area contributed by atoms with E-state index in [9.17, 15) is 4.79 Å². The van der Waals surface area contributed by atoms with Gasteiger partial charge in [0, 0.05) is 11.8 Å². The zero-order valence-corrected chi connectivity index (χ0v) is 16.0. The van der Waals surface area contributed by atoms with E-state index in [0.717, 1.165) is 36.5 Å². The molecule has 9 nitrogen and oxygen atoms in total. The summed E-state index contributed by atoms with van der Waals surface area (Å²) in [5, 5.41) is 10.3. The average molecular weight is 382 g/mol. The molecule has 0 saturated carbocycles. The maximum Gasteiger partial charge on any atom is 0.414 e. The van der Waals surface area contributed by atoms with Gasteiger partial charge in [0.25, 0.3) is 0 Å². The van der Waals surface area contributed by atoms with Crippen LogP contribution in [0.5, 0.6) is 0 Å². The number of hydrogen-bond acceptors (Lipinski definition) is 7. The lowest BCUT2D eigenvalue weighted by Crippen LogP contribution is -2.30. The van der Waals surface area contributed by atoms with Crippen LogP contribution in [0.25, 0.3) is 17.4 Å². The highest BCUT2D eigenvalue weighted by Crippen LogP contribution is 2.23. The van der Waals surface area contributed by atoms with Crippen LogP contribution < -0.4 is 10.6 Å². The molecule has 0 aromatic carbocycles. The molecule has 1 aliphatic rings. The zero-order valence-electron chi connectivity index (χ0n) is 16.0. The van der Waals surface area contributed by atoms with Gasteiger partial charge < -0.3 is 9.15 Å². The minimum atomic E-state index is -0.570. The van der Waals surface area contributed by atoms with Crippen molar-refractivity contribution in [3.05, 3.63) is 41.4 Å². The van der Waals surface area contributed by atoms with Crippen molar-refractivity contribution in [3.8, 4) is 17.4 Å². The molecule has 28 heavy (non-hydrogen) atoms. The van der Waals surface area contributed by atoms with Gasteiger partial charge in [0.15, 0.2) is 23.6 Å². The van der Waals surface area contributed by atoms with Gasteiger partial charge in [0.05, 0.1) is 5.69 Å². The molecule has 0 bridgehead atoms. The summed E-state index contributed by atoms with van der Waals surface area (Å²) >= 11 is 0. The monoisotopic (exact) mass is 382 g/mol. The number of furan rings is 1. The first-order valence-electron chi connectivity index (χ1n) is 9.18. The van der Waals surface area contributed by atoms with Crippen molar-refractivity contribution in [3.63, 3.8) is 0 Å². The molecule has 2 N–H and O–H groups in total. The van der Waals surface area contributed by atoms with E-state index in [0.29, 0.717) is 23.2 Å². The molecule has 146 valence electrons. The number of ether oxygens (including phenoxy) is 1. The van der Waals surface area contributed by atoms with Crippen molar-refractivity contribution < 1.29 is 13.9 Å². The van der Waals surface area contributed by atoms with Gasteiger partial charge in [-0.2, -0.15) is 5.10 Å². The van der Waals surface area contributed by atoms with Crippen LogP contribution in [-0.4, -0.2) is 38.6 Å². The van der Waals surface area contributed by atoms with Gasteiger partial charge in [-0.05, 0) is 58.4 Å². The topological polar surface area (TPSA) is 107 Å². The molecule has 4 rings (SSSR count). The Morgan fingerprint density at radius 3 is 2.79 bits per heavy atom. The molecule has 1 amide bonds. The second-order valence-corrected chi connectivity index (χ2v) is 6.80. The third-order valence-electron chi connectivity index (χ3n) is 4.39. The fourth-order valence-electron chi connectivity index (χ4n) is 3.15. The number of aromatic nitrogens is 4. The van der Waals surface area contributed by atoms with Gasteiger partial charge in [-0.1, -0.05) is 0 Å². The summed E-state index contributed by atoms with van der Waals surface area (Å²) in [6.45, 7) is 6.54. The molecule has 0 aliphatic carbocycles. The highest BCUT2D eigenvalue weighted by Gasteiger charge is 2.20. The van der Waals surface area contributed by atoms with Crippen LogP contribution in [-0.2, 0) is 4.74 Å². The van der Waals surface area contributed by atoms with E-state index in [-0.39, 0.29) is 6.23 Å². The predicted octanol–water partition coefficient (Wildman–Crippen LogP) is 3.11. The number of rotatable bonds is 4. The minimum absolute atomic E-state index is 0.274. The number of aryl methyl sites for hydroxylation is 3. The molecule has 1 atom stereocenters. The Morgan fingerprint density at radius 2 is 2.14 bits per heavy atom. The molecule has 3 aromatic heterocycles. The van der Waals surface area contributed by atoms with Crippen molar-refractivity contribution in [1.82, 2.24) is 25.1 Å². The molecule has 3 aromatic rings. The van der Waals surface area contributed by atoms with Gasteiger partial charge in [0.2, 0.25) is 0 Å². The number of nitrogens with one attached hydrogen (secondary N) is 2. The van der Waals surface area contributed by atoms with Crippen LogP contribution in [0.1, 0.15) is 30.0 Å². The smallest absolute Gasteiger partial charge is 0.414 e. The van der Waals surface area contributed by atoms with Crippen molar-refractivity contribution in [2.45, 2.75) is 39.8 Å². The van der Waals surface area contributed by atoms with Crippen molar-refractivity contribution in [2.75, 3.05) is 11.9 Å². The molecule has 0 radical (unpaired) electrons. The SMILES string of the molecule is Cc1cc(C)n(-c2cc(NC(=O)O[C@H]3CCCN3)nc(-c3ccc(C)o3)n2)n1. The van der Waals surface area contributed by atoms with Gasteiger partial charge in [-0.3, -0.25) is 10.6 Å². The summed E-state index contributed by atoms with van der Waals surface area (Å²) in [4.78, 5) is 21.2. The van der Waals surface area contributed by atoms with Gasteiger partial charge in [-0.25, -0.2) is 19.4 Å². The molecule has 0 unspecified atom stereocenters. The third kappa shape index (κ3) is 3.89. The highest BCUT2D eigenvalue weighted by molar-refractivity contribution is 5.84. The Balaban J connectivity index is 1.67. The highest BCUT2D eigenvalue weighted by atomic mass is 16.6. The molecule has 1 fully saturated rings. The second-order valence-electron chi connectivity index (χ2n) is 6.80. The molecule has 1 aliphatic heterocycles. The van der Waals surface area contributed by atoms with E-state index in [1.807, 2.05) is 32.9 Å². The Morgan fingerprint density at radius 1 is 1.29 bits per heavy atom. The lowest BCUT2D eigenvalue weighted by molar-refractivity contribution is 0.102. The van der Waals surface area contributed by atoms with Crippen molar-refractivity contribution in [2.24, 2.45) is 0 Å². The Labute approximate surface area is 162 Å². The summed E-state index contributed by atoms with van der Waals surface area (Å²) < 4.78 is 12.7. The summed E-state index contributed by atoms with van der Waals surface area (Å²) in [6.07, 6.45) is 0.934. The maximum absolute atomic E-state index is 12.3. The van der Waals surface area contributed by atoms with E-state index in [1.165, 1.54) is 0 Å². The normalized spacial score (nSPS) is 16.3. The molecule has 4 heterocycles. The molecular weight excluding hydrogens is 360 g/mol. The van der Waals surface area contributed by atoms with Crippen LogP contribution in [0, 0.1) is 20.8 Å². The standard InChI is InChI=1S/C19H22N6O3/c1-11-9-12(2)25(24-11)16-10-15(22-19(26)28-17-5-4-8-20-17)21-18(23-16)14-7-6-13(3)27-14/h6-7,9-10,17,20H,4-5,8H2,1-3H3,(H,21,22,23,26)/t17-/m0/s1. The quantitative estimate of drug-likeness (QED) is 0.714. The first-order chi connectivity index (χ1) is 13.5. The summed E-state index contributed by atoms with van der Waals surface area (Å²) in [6, 6.07) is 7.23. The number of amides is 1. The maximum atomic E-state index is 12.3. The van der Waals surface area contributed by atoms with Crippen LogP contribution in [0.15, 0.2) is 28.7 Å². The Kier molecular flexibility index (Phi) is 4.82. The summed E-state index contributed by atoms with van der Waals surface area (Å²) in [5.41, 5.74) is 1.79. The minimum Gasteiger partial charge on any atom is -0.458 e. The molecule has 0 spiro atoms. The fraction of sp³-hybridized carbons (Fsp3) is 0.368. The van der Waals surface area contributed by atoms with Crippen molar-refractivity contribution in [1.29, 1.82) is 0 Å². The number of nitrogens with zero attached hydrogens (tertiary/aromatic N) is 4. The van der Waals surface area contributed by atoms with Crippen molar-refractivity contribution >= 4 is 11.9 Å². The number of carbonyl (C=O) groups excluding carboxylic acids is 1. The Bertz CT molecular complexity index is 1000. The van der Waals surface area contributed by atoms with E-state index >= 15 is 0 Å². The molecular formula is C19H22N6O3. The third-order valence-corrected chi connectivity index (χ3v) is 4.39. The first kappa shape index (κ1) is 18.2. The number of carbonyl (C=O) groups is 1. The Hall–Kier alpha value is -3.20. The van der Waals surface area contributed by atoms with E-state index in [1.54, 1.807) is 16.8 Å². The fourth-order valence-corrected chi connectivity index (χ4v) is 3.15. The second kappa shape index (κ2) is 7.43. The van der Waals surface area contributed by atoms with Gasteiger partial charge in [-0.15, -0.1) is 0 Å². The number of anilines is 1. The predicted molar refractivity (Wildman–Crippen MR) is 102 cm³/mol. The molecule has 1 saturated heterocycles. The van der Waals surface area contributed by atoms with Crippen LogP contribution in [0.3, 0.4) is 0 Å². The van der Waals surface area contributed by atoms with Crippen LogP contribution >= 0.6 is 0 Å². The van der Waals surface area contributed by atoms with Crippen LogP contribution in [0.4, 0.5) is 10.6 Å². The zero-order chi connectivity index (χ0) is 19.7. The van der Waals surface area contributed by atoms with E-state index in [2.05, 4.69) is 25.7 Å². The largest absolute Gasteiger partial charge is 0.458 e. The average Bonchev–Trinajstić information content (AvgIpc) is 3.37. The summed E-state index contributed by atoms with van der Waals surface area (Å²) in [7, 11) is 0. The first-order valence-corrected chi connectivity index (χ1v) is 9.18.